The molecule has 1 amide bonds. The van der Waals surface area contributed by atoms with Gasteiger partial charge in [0.25, 0.3) is 0 Å². The number of carbonyl (C=O) groups is 1. The minimum Gasteiger partial charge on any atom is -0.381 e. The minimum absolute atomic E-state index is 0. The van der Waals surface area contributed by atoms with E-state index in [4.69, 9.17) is 4.74 Å². The van der Waals surface area contributed by atoms with Crippen molar-refractivity contribution >= 4 is 47.6 Å². The molecule has 2 rings (SSSR count). The van der Waals surface area contributed by atoms with Crippen LogP contribution in [-0.4, -0.2) is 75.2 Å². The fourth-order valence-electron chi connectivity index (χ4n) is 3.91. The van der Waals surface area contributed by atoms with Crippen LogP contribution < -0.4 is 10.6 Å². The van der Waals surface area contributed by atoms with E-state index in [1.807, 2.05) is 25.9 Å². The topological polar surface area (TPSA) is 66.0 Å². The molecule has 1 heterocycles. The molecule has 0 spiro atoms. The third kappa shape index (κ3) is 5.89. The Hall–Kier alpha value is -0.220. The van der Waals surface area contributed by atoms with Gasteiger partial charge in [0.15, 0.2) is 5.96 Å². The third-order valence-electron chi connectivity index (χ3n) is 5.65. The van der Waals surface area contributed by atoms with Crippen LogP contribution in [0.3, 0.4) is 0 Å². The summed E-state index contributed by atoms with van der Waals surface area (Å²) in [7, 11) is 5.49. The van der Waals surface area contributed by atoms with Crippen LogP contribution in [-0.2, 0) is 9.53 Å². The van der Waals surface area contributed by atoms with Crippen molar-refractivity contribution in [1.82, 2.24) is 15.5 Å². The van der Waals surface area contributed by atoms with E-state index in [1.54, 1.807) is 11.9 Å². The number of nitrogens with one attached hydrogen (secondary N) is 2. The lowest BCUT2D eigenvalue weighted by Crippen LogP contribution is -2.52. The van der Waals surface area contributed by atoms with Crippen molar-refractivity contribution in [2.45, 2.75) is 43.3 Å². The molecule has 2 fully saturated rings. The number of halogens is 1. The largest absolute Gasteiger partial charge is 0.381 e. The third-order valence-corrected chi connectivity index (χ3v) is 7.07. The highest BCUT2D eigenvalue weighted by atomic mass is 127. The maximum Gasteiger partial charge on any atom is 0.230 e. The number of hydrogen-bond donors (Lipinski definition) is 2. The van der Waals surface area contributed by atoms with Crippen LogP contribution in [0.15, 0.2) is 4.99 Å². The maximum atomic E-state index is 12.7. The molecular formula is C18H35IN4O2S. The second-order valence-electron chi connectivity index (χ2n) is 7.47. The van der Waals surface area contributed by atoms with Crippen LogP contribution in [0.4, 0.5) is 0 Å². The van der Waals surface area contributed by atoms with Crippen molar-refractivity contribution in [2.75, 3.05) is 53.7 Å². The molecule has 1 aliphatic heterocycles. The Bertz CT molecular complexity index is 476. The van der Waals surface area contributed by atoms with Crippen molar-refractivity contribution < 1.29 is 9.53 Å². The lowest BCUT2D eigenvalue weighted by atomic mass is 9.84. The van der Waals surface area contributed by atoms with Crippen molar-refractivity contribution in [1.29, 1.82) is 0 Å². The van der Waals surface area contributed by atoms with Crippen molar-refractivity contribution in [3.05, 3.63) is 0 Å². The molecular weight excluding hydrogens is 463 g/mol. The Morgan fingerprint density at radius 3 is 2.19 bits per heavy atom. The number of carbonyl (C=O) groups excluding carboxylic acids is 1. The number of rotatable bonds is 6. The molecule has 0 radical (unpaired) electrons. The summed E-state index contributed by atoms with van der Waals surface area (Å²) in [6, 6.07) is 0. The standard InChI is InChI=1S/C18H34N4O2S.HI/c1-19-16(21-14-18(25-4)9-11-24-12-10-18)20-13-17(7-5-6-8-17)15(23)22(2)3;/h5-14H2,1-4H3,(H2,19,20,21);1H. The number of thioether (sulfide) groups is 1. The highest BCUT2D eigenvalue weighted by molar-refractivity contribution is 14.0. The summed E-state index contributed by atoms with van der Waals surface area (Å²) in [5, 5.41) is 6.90. The Morgan fingerprint density at radius 1 is 1.12 bits per heavy atom. The van der Waals surface area contributed by atoms with Gasteiger partial charge in [-0.2, -0.15) is 11.8 Å². The molecule has 0 aromatic carbocycles. The maximum absolute atomic E-state index is 12.7. The number of ether oxygens (including phenoxy) is 1. The number of aliphatic imine (C=N–C) groups is 1. The van der Waals surface area contributed by atoms with Gasteiger partial charge in [-0.25, -0.2) is 0 Å². The summed E-state index contributed by atoms with van der Waals surface area (Å²) in [5.74, 6) is 1.02. The average Bonchev–Trinajstić information content (AvgIpc) is 3.12. The van der Waals surface area contributed by atoms with E-state index in [9.17, 15) is 4.79 Å². The summed E-state index contributed by atoms with van der Waals surface area (Å²) in [6.07, 6.45) is 8.46. The molecule has 2 aliphatic rings. The van der Waals surface area contributed by atoms with Gasteiger partial charge in [0.05, 0.1) is 5.41 Å². The monoisotopic (exact) mass is 498 g/mol. The predicted octanol–water partition coefficient (Wildman–Crippen LogP) is 2.33. The molecule has 0 unspecified atom stereocenters. The van der Waals surface area contributed by atoms with Crippen LogP contribution in [0.1, 0.15) is 38.5 Å². The summed E-state index contributed by atoms with van der Waals surface area (Å²) in [6.45, 7) is 3.18. The number of amides is 1. The van der Waals surface area contributed by atoms with Crippen LogP contribution in [0, 0.1) is 5.41 Å². The van der Waals surface area contributed by atoms with E-state index >= 15 is 0 Å². The fourth-order valence-corrected chi connectivity index (χ4v) is 4.70. The molecule has 1 aliphatic carbocycles. The molecule has 0 aromatic rings. The number of nitrogens with zero attached hydrogens (tertiary/aromatic N) is 2. The first-order valence-electron chi connectivity index (χ1n) is 9.26. The lowest BCUT2D eigenvalue weighted by Gasteiger charge is -2.36. The van der Waals surface area contributed by atoms with E-state index < -0.39 is 0 Å². The molecule has 0 aromatic heterocycles. The number of hydrogen-bond acceptors (Lipinski definition) is 4. The van der Waals surface area contributed by atoms with Gasteiger partial charge in [-0.05, 0) is 31.9 Å². The molecule has 26 heavy (non-hydrogen) atoms. The molecule has 0 atom stereocenters. The number of guanidine groups is 1. The first kappa shape index (κ1) is 23.8. The van der Waals surface area contributed by atoms with Crippen molar-refractivity contribution in [2.24, 2.45) is 10.4 Å². The zero-order valence-corrected chi connectivity index (χ0v) is 19.7. The summed E-state index contributed by atoms with van der Waals surface area (Å²) in [4.78, 5) is 18.8. The summed E-state index contributed by atoms with van der Waals surface area (Å²) >= 11 is 1.91. The quantitative estimate of drug-likeness (QED) is 0.335. The highest BCUT2D eigenvalue weighted by Gasteiger charge is 2.42. The molecule has 2 N–H and O–H groups in total. The van der Waals surface area contributed by atoms with Crippen LogP contribution in [0.2, 0.25) is 0 Å². The normalized spacial score (nSPS) is 21.6. The van der Waals surface area contributed by atoms with Crippen LogP contribution in [0.5, 0.6) is 0 Å². The van der Waals surface area contributed by atoms with E-state index in [2.05, 4.69) is 21.9 Å². The fraction of sp³-hybridized carbons (Fsp3) is 0.889. The van der Waals surface area contributed by atoms with Gasteiger partial charge >= 0.3 is 0 Å². The van der Waals surface area contributed by atoms with E-state index in [1.165, 1.54) is 0 Å². The highest BCUT2D eigenvalue weighted by Crippen LogP contribution is 2.39. The zero-order valence-electron chi connectivity index (χ0n) is 16.6. The van der Waals surface area contributed by atoms with Gasteiger partial charge in [-0.3, -0.25) is 9.79 Å². The summed E-state index contributed by atoms with van der Waals surface area (Å²) in [5.41, 5.74) is -0.281. The van der Waals surface area contributed by atoms with Gasteiger partial charge < -0.3 is 20.3 Å². The van der Waals surface area contributed by atoms with Gasteiger partial charge in [0.2, 0.25) is 5.91 Å². The van der Waals surface area contributed by atoms with E-state index in [0.717, 1.165) is 64.2 Å². The Labute approximate surface area is 179 Å². The predicted molar refractivity (Wildman–Crippen MR) is 121 cm³/mol. The molecule has 0 bridgehead atoms. The van der Waals surface area contributed by atoms with Crippen molar-refractivity contribution in [3.63, 3.8) is 0 Å². The second-order valence-corrected chi connectivity index (χ2v) is 8.74. The Morgan fingerprint density at radius 2 is 1.69 bits per heavy atom. The van der Waals surface area contributed by atoms with E-state index in [0.29, 0.717) is 6.54 Å². The molecule has 1 saturated heterocycles. The molecule has 6 nitrogen and oxygen atoms in total. The van der Waals surface area contributed by atoms with Crippen LogP contribution >= 0.6 is 35.7 Å². The SMILES string of the molecule is CN=C(NCC1(SC)CCOCC1)NCC1(C(=O)N(C)C)CCCC1.I. The van der Waals surface area contributed by atoms with Gasteiger partial charge in [-0.1, -0.05) is 12.8 Å². The zero-order chi connectivity index (χ0) is 18.3. The van der Waals surface area contributed by atoms with Gasteiger partial charge in [0.1, 0.15) is 0 Å². The van der Waals surface area contributed by atoms with Crippen molar-refractivity contribution in [3.8, 4) is 0 Å². The second kappa shape index (κ2) is 10.9. The van der Waals surface area contributed by atoms with Gasteiger partial charge in [0, 0.05) is 52.2 Å². The molecule has 8 heteroatoms. The first-order valence-corrected chi connectivity index (χ1v) is 10.5. The minimum atomic E-state index is -0.281. The van der Waals surface area contributed by atoms with Crippen LogP contribution in [0.25, 0.3) is 0 Å². The Balaban J connectivity index is 0.00000338. The smallest absolute Gasteiger partial charge is 0.230 e. The average molecular weight is 498 g/mol. The molecule has 152 valence electrons. The summed E-state index contributed by atoms with van der Waals surface area (Å²) < 4.78 is 5.72. The van der Waals surface area contributed by atoms with E-state index in [-0.39, 0.29) is 40.0 Å². The first-order chi connectivity index (χ1) is 12.0. The Kier molecular flexibility index (Phi) is 10.0. The lowest BCUT2D eigenvalue weighted by molar-refractivity contribution is -0.138. The van der Waals surface area contributed by atoms with Gasteiger partial charge in [-0.15, -0.1) is 24.0 Å². The molecule has 1 saturated carbocycles.